The lowest BCUT2D eigenvalue weighted by molar-refractivity contribution is -0.135. The SMILES string of the molecule is NC(CO)(CO)CO.NC(CO)(CO)CO.NC(CO)(CO)CO.NCC(=O)O. The first-order valence-corrected chi connectivity index (χ1v) is 8.08. The summed E-state index contributed by atoms with van der Waals surface area (Å²) in [6, 6.07) is 0. The van der Waals surface area contributed by atoms with Crippen molar-refractivity contribution in [2.45, 2.75) is 16.6 Å². The van der Waals surface area contributed by atoms with Crippen LogP contribution in [0, 0.1) is 0 Å². The molecule has 0 aliphatic carbocycles. The van der Waals surface area contributed by atoms with Crippen molar-refractivity contribution in [2.24, 2.45) is 22.9 Å². The van der Waals surface area contributed by atoms with Gasteiger partial charge in [-0.25, -0.2) is 0 Å². The number of hydrogen-bond acceptors (Lipinski definition) is 14. The van der Waals surface area contributed by atoms with E-state index in [1.807, 2.05) is 0 Å². The average molecular weight is 438 g/mol. The van der Waals surface area contributed by atoms with Gasteiger partial charge in [0.15, 0.2) is 0 Å². The number of aliphatic hydroxyl groups excluding tert-OH is 9. The van der Waals surface area contributed by atoms with Crippen molar-refractivity contribution < 1.29 is 55.9 Å². The van der Waals surface area contributed by atoms with E-state index in [1.54, 1.807) is 0 Å². The van der Waals surface area contributed by atoms with Gasteiger partial charge in [0.2, 0.25) is 0 Å². The van der Waals surface area contributed by atoms with Crippen molar-refractivity contribution in [3.05, 3.63) is 0 Å². The maximum absolute atomic E-state index is 9.24. The lowest BCUT2D eigenvalue weighted by Crippen LogP contribution is -2.50. The summed E-state index contributed by atoms with van der Waals surface area (Å²) in [5, 5.41) is 82.7. The maximum Gasteiger partial charge on any atom is 0.317 e. The minimum atomic E-state index is -1.21. The second-order valence-electron chi connectivity index (χ2n) is 6.11. The number of aliphatic hydroxyl groups is 9. The molecule has 0 radical (unpaired) electrons. The van der Waals surface area contributed by atoms with E-state index in [4.69, 9.17) is 68.3 Å². The number of rotatable bonds is 10. The summed E-state index contributed by atoms with van der Waals surface area (Å²) < 4.78 is 0. The highest BCUT2D eigenvalue weighted by molar-refractivity contribution is 5.68. The minimum absolute atomic E-state index is 0.278. The summed E-state index contributed by atoms with van der Waals surface area (Å²) in [7, 11) is 0. The lowest BCUT2D eigenvalue weighted by Gasteiger charge is -2.20. The van der Waals surface area contributed by atoms with E-state index >= 15 is 0 Å². The molecule has 180 valence electrons. The Morgan fingerprint density at radius 2 is 0.621 bits per heavy atom. The fraction of sp³-hybridized carbons (Fsp3) is 0.929. The van der Waals surface area contributed by atoms with Gasteiger partial charge in [0.25, 0.3) is 0 Å². The average Bonchev–Trinajstić information content (AvgIpc) is 2.78. The van der Waals surface area contributed by atoms with E-state index in [0.717, 1.165) is 0 Å². The first-order valence-electron chi connectivity index (χ1n) is 8.08. The van der Waals surface area contributed by atoms with Gasteiger partial charge in [-0.3, -0.25) is 4.79 Å². The van der Waals surface area contributed by atoms with Gasteiger partial charge in [-0.2, -0.15) is 0 Å². The van der Waals surface area contributed by atoms with Crippen LogP contribution in [0.3, 0.4) is 0 Å². The summed E-state index contributed by atoms with van der Waals surface area (Å²) in [5.74, 6) is -0.968. The molecular formula is C14H38N4O11. The van der Waals surface area contributed by atoms with Crippen LogP contribution in [-0.2, 0) is 4.79 Å². The van der Waals surface area contributed by atoms with E-state index in [1.165, 1.54) is 0 Å². The second-order valence-corrected chi connectivity index (χ2v) is 6.11. The van der Waals surface area contributed by atoms with Crippen LogP contribution in [0.15, 0.2) is 0 Å². The topological polar surface area (TPSA) is 323 Å². The molecule has 0 saturated heterocycles. The van der Waals surface area contributed by atoms with Gasteiger partial charge < -0.3 is 74.0 Å². The number of aliphatic carboxylic acids is 1. The highest BCUT2D eigenvalue weighted by atomic mass is 16.4. The van der Waals surface area contributed by atoms with Gasteiger partial charge in [-0.05, 0) is 0 Å². The Balaban J connectivity index is -0.000000146. The van der Waals surface area contributed by atoms with Crippen LogP contribution in [0.2, 0.25) is 0 Å². The summed E-state index contributed by atoms with van der Waals surface area (Å²) in [5.41, 5.74) is 16.4. The summed E-state index contributed by atoms with van der Waals surface area (Å²) in [6.07, 6.45) is 0. The minimum Gasteiger partial charge on any atom is -0.480 e. The zero-order valence-corrected chi connectivity index (χ0v) is 16.3. The van der Waals surface area contributed by atoms with Crippen molar-refractivity contribution in [2.75, 3.05) is 66.0 Å². The van der Waals surface area contributed by atoms with Crippen LogP contribution in [-0.4, -0.2) is 140 Å². The molecule has 0 heterocycles. The third-order valence-electron chi connectivity index (χ3n) is 3.01. The third-order valence-corrected chi connectivity index (χ3v) is 3.01. The van der Waals surface area contributed by atoms with Gasteiger partial charge in [0.1, 0.15) is 0 Å². The standard InChI is InChI=1S/3C4H11NO3.C2H5NO2/c3*5-4(1-6,2-7)3-8;3-1-2(4)5/h3*6-8H,1-3,5H2;1,3H2,(H,4,5). The van der Waals surface area contributed by atoms with Crippen LogP contribution in [0.1, 0.15) is 0 Å². The van der Waals surface area contributed by atoms with Crippen molar-refractivity contribution >= 4 is 5.97 Å². The molecule has 0 fully saturated rings. The number of carbonyl (C=O) groups is 1. The molecule has 15 nitrogen and oxygen atoms in total. The smallest absolute Gasteiger partial charge is 0.317 e. The lowest BCUT2D eigenvalue weighted by atomic mass is 10.1. The van der Waals surface area contributed by atoms with E-state index in [0.29, 0.717) is 0 Å². The van der Waals surface area contributed by atoms with Crippen molar-refractivity contribution in [3.8, 4) is 0 Å². The highest BCUT2D eigenvalue weighted by Crippen LogP contribution is 1.94. The molecule has 15 heteroatoms. The molecule has 0 saturated carbocycles. The van der Waals surface area contributed by atoms with Crippen LogP contribution in [0.25, 0.3) is 0 Å². The molecule has 0 spiro atoms. The van der Waals surface area contributed by atoms with Gasteiger partial charge >= 0.3 is 5.97 Å². The molecule has 0 aromatic rings. The molecule has 0 amide bonds. The molecule has 0 rings (SSSR count). The van der Waals surface area contributed by atoms with Crippen LogP contribution < -0.4 is 22.9 Å². The Morgan fingerprint density at radius 1 is 0.517 bits per heavy atom. The Hall–Kier alpha value is -1.05. The molecule has 29 heavy (non-hydrogen) atoms. The number of carboxylic acid groups (broad SMARTS) is 1. The predicted molar refractivity (Wildman–Crippen MR) is 101 cm³/mol. The third kappa shape index (κ3) is 21.5. The summed E-state index contributed by atoms with van der Waals surface area (Å²) >= 11 is 0. The number of carboxylic acids is 1. The first-order chi connectivity index (χ1) is 13.3. The monoisotopic (exact) mass is 438 g/mol. The van der Waals surface area contributed by atoms with E-state index < -0.39 is 82.0 Å². The molecule has 0 aliphatic heterocycles. The Morgan fingerprint density at radius 3 is 0.621 bits per heavy atom. The fourth-order valence-electron chi connectivity index (χ4n) is 0.450. The second kappa shape index (κ2) is 20.2. The van der Waals surface area contributed by atoms with Crippen LogP contribution >= 0.6 is 0 Å². The molecule has 0 bridgehead atoms. The maximum atomic E-state index is 9.24. The zero-order valence-electron chi connectivity index (χ0n) is 16.3. The molecule has 0 unspecified atom stereocenters. The van der Waals surface area contributed by atoms with Crippen LogP contribution in [0.4, 0.5) is 0 Å². The van der Waals surface area contributed by atoms with Crippen molar-refractivity contribution in [3.63, 3.8) is 0 Å². The highest BCUT2D eigenvalue weighted by Gasteiger charge is 2.21. The summed E-state index contributed by atoms with van der Waals surface area (Å²) in [6.45, 7) is -3.90. The molecule has 0 atom stereocenters. The van der Waals surface area contributed by atoms with Crippen molar-refractivity contribution in [1.29, 1.82) is 0 Å². The molecule has 0 aromatic heterocycles. The van der Waals surface area contributed by atoms with Gasteiger partial charge in [-0.15, -0.1) is 0 Å². The van der Waals surface area contributed by atoms with E-state index in [2.05, 4.69) is 5.73 Å². The Labute approximate surface area is 168 Å². The van der Waals surface area contributed by atoms with E-state index in [9.17, 15) is 4.79 Å². The number of nitrogens with two attached hydrogens (primary N) is 4. The van der Waals surface area contributed by atoms with Crippen LogP contribution in [0.5, 0.6) is 0 Å². The van der Waals surface area contributed by atoms with E-state index in [-0.39, 0.29) is 6.54 Å². The zero-order chi connectivity index (χ0) is 24.1. The van der Waals surface area contributed by atoms with Gasteiger partial charge in [-0.1, -0.05) is 0 Å². The molecule has 18 N–H and O–H groups in total. The molecular weight excluding hydrogens is 400 g/mol. The van der Waals surface area contributed by atoms with Crippen molar-refractivity contribution in [1.82, 2.24) is 0 Å². The Kier molecular flexibility index (Phi) is 24.7. The normalized spacial score (nSPS) is 11.2. The number of hydrogen-bond donors (Lipinski definition) is 14. The quantitative estimate of drug-likeness (QED) is 0.150. The molecule has 0 aromatic carbocycles. The summed E-state index contributed by atoms with van der Waals surface area (Å²) in [4.78, 5) is 9.24. The molecule has 0 aliphatic rings. The fourth-order valence-corrected chi connectivity index (χ4v) is 0.450. The predicted octanol–water partition coefficient (Wildman–Crippen LogP) is -7.99. The Bertz CT molecular complexity index is 298. The van der Waals surface area contributed by atoms with Gasteiger partial charge in [0, 0.05) is 0 Å². The first kappa shape index (κ1) is 35.4. The largest absolute Gasteiger partial charge is 0.480 e. The van der Waals surface area contributed by atoms with Gasteiger partial charge in [0.05, 0.1) is 82.6 Å².